The van der Waals surface area contributed by atoms with Crippen LogP contribution < -0.4 is 5.32 Å². The number of carbonyl (C=O) groups is 2. The second kappa shape index (κ2) is 5.74. The molecule has 0 saturated carbocycles. The van der Waals surface area contributed by atoms with Crippen molar-refractivity contribution in [3.05, 3.63) is 63.1 Å². The van der Waals surface area contributed by atoms with Crippen molar-refractivity contribution < 1.29 is 14.7 Å². The molecule has 3 rings (SSSR count). The predicted molar refractivity (Wildman–Crippen MR) is 91.6 cm³/mol. The zero-order valence-corrected chi connectivity index (χ0v) is 14.5. The molecule has 2 aromatic rings. The van der Waals surface area contributed by atoms with Crippen LogP contribution in [0.1, 0.15) is 22.8 Å². The number of halogens is 2. The number of fused-ring (bicyclic) bond motifs is 1. The lowest BCUT2D eigenvalue weighted by Gasteiger charge is -2.27. The number of ketones is 1. The second-order valence-electron chi connectivity index (χ2n) is 5.50. The van der Waals surface area contributed by atoms with Gasteiger partial charge in [-0.05, 0) is 42.5 Å². The van der Waals surface area contributed by atoms with Crippen molar-refractivity contribution in [2.75, 3.05) is 5.32 Å². The summed E-state index contributed by atoms with van der Waals surface area (Å²) in [5.41, 5.74) is -0.606. The SMILES string of the molecule is C[C@@H](C(=O)c1ccc(Cl)cc1)[C@@]1(O)C(=O)Nc2ccc(Br)cc21. The van der Waals surface area contributed by atoms with Gasteiger partial charge in [-0.2, -0.15) is 0 Å². The minimum Gasteiger partial charge on any atom is -0.375 e. The first kappa shape index (κ1) is 16.2. The summed E-state index contributed by atoms with van der Waals surface area (Å²) in [5, 5.41) is 14.2. The van der Waals surface area contributed by atoms with Gasteiger partial charge in [0.15, 0.2) is 11.4 Å². The van der Waals surface area contributed by atoms with Crippen LogP contribution in [0.25, 0.3) is 0 Å². The van der Waals surface area contributed by atoms with Gasteiger partial charge < -0.3 is 10.4 Å². The molecule has 0 saturated heterocycles. The molecule has 4 nitrogen and oxygen atoms in total. The first-order valence-electron chi connectivity index (χ1n) is 6.97. The maximum Gasteiger partial charge on any atom is 0.261 e. The molecule has 2 N–H and O–H groups in total. The Hall–Kier alpha value is -1.69. The van der Waals surface area contributed by atoms with E-state index in [1.165, 1.54) is 0 Å². The monoisotopic (exact) mass is 393 g/mol. The van der Waals surface area contributed by atoms with E-state index in [0.717, 1.165) is 4.47 Å². The molecule has 1 aliphatic heterocycles. The second-order valence-corrected chi connectivity index (χ2v) is 6.86. The highest BCUT2D eigenvalue weighted by Crippen LogP contribution is 2.43. The third kappa shape index (κ3) is 2.59. The number of hydrogen-bond donors (Lipinski definition) is 2. The Morgan fingerprint density at radius 3 is 2.57 bits per heavy atom. The molecule has 0 fully saturated rings. The molecule has 1 amide bonds. The summed E-state index contributed by atoms with van der Waals surface area (Å²) in [5.74, 6) is -1.87. The van der Waals surface area contributed by atoms with E-state index < -0.39 is 17.4 Å². The summed E-state index contributed by atoms with van der Waals surface area (Å²) in [6, 6.07) is 11.5. The van der Waals surface area contributed by atoms with E-state index >= 15 is 0 Å². The third-order valence-corrected chi connectivity index (χ3v) is 4.88. The zero-order valence-electron chi connectivity index (χ0n) is 12.1. The maximum absolute atomic E-state index is 12.7. The highest BCUT2D eigenvalue weighted by atomic mass is 79.9. The van der Waals surface area contributed by atoms with Crippen LogP contribution in [0.2, 0.25) is 5.02 Å². The van der Waals surface area contributed by atoms with E-state index in [4.69, 9.17) is 11.6 Å². The van der Waals surface area contributed by atoms with Crippen molar-refractivity contribution in [1.82, 2.24) is 0 Å². The third-order valence-electron chi connectivity index (χ3n) is 4.14. The smallest absolute Gasteiger partial charge is 0.261 e. The molecule has 2 atom stereocenters. The number of Topliss-reactive ketones (excluding diaryl/α,β-unsaturated/α-hetero) is 1. The Morgan fingerprint density at radius 1 is 1.26 bits per heavy atom. The number of nitrogens with one attached hydrogen (secondary N) is 1. The van der Waals surface area contributed by atoms with Crippen LogP contribution in [-0.4, -0.2) is 16.8 Å². The largest absolute Gasteiger partial charge is 0.375 e. The first-order valence-corrected chi connectivity index (χ1v) is 8.14. The normalized spacial score (nSPS) is 20.8. The Labute approximate surface area is 146 Å². The number of carbonyl (C=O) groups excluding carboxylic acids is 2. The molecule has 6 heteroatoms. The lowest BCUT2D eigenvalue weighted by molar-refractivity contribution is -0.137. The zero-order chi connectivity index (χ0) is 16.8. The van der Waals surface area contributed by atoms with Gasteiger partial charge in [-0.25, -0.2) is 0 Å². The molecular weight excluding hydrogens is 382 g/mol. The molecule has 0 unspecified atom stereocenters. The Morgan fingerprint density at radius 2 is 1.91 bits per heavy atom. The number of benzene rings is 2. The molecule has 0 aliphatic carbocycles. The topological polar surface area (TPSA) is 66.4 Å². The van der Waals surface area contributed by atoms with Gasteiger partial charge in [0.25, 0.3) is 5.91 Å². The van der Waals surface area contributed by atoms with E-state index in [0.29, 0.717) is 21.8 Å². The van der Waals surface area contributed by atoms with E-state index in [1.54, 1.807) is 49.4 Å². The van der Waals surface area contributed by atoms with Crippen LogP contribution in [0, 0.1) is 5.92 Å². The molecule has 118 valence electrons. The molecular formula is C17H13BrClNO3. The Bertz CT molecular complexity index is 806. The van der Waals surface area contributed by atoms with Gasteiger partial charge in [-0.1, -0.05) is 34.5 Å². The van der Waals surface area contributed by atoms with Gasteiger partial charge in [0, 0.05) is 26.3 Å². The average molecular weight is 395 g/mol. The van der Waals surface area contributed by atoms with Crippen LogP contribution in [-0.2, 0) is 10.4 Å². The fourth-order valence-electron chi connectivity index (χ4n) is 2.76. The summed E-state index contributed by atoms with van der Waals surface area (Å²) < 4.78 is 0.720. The molecule has 1 heterocycles. The van der Waals surface area contributed by atoms with E-state index in [-0.39, 0.29) is 5.78 Å². The summed E-state index contributed by atoms with van der Waals surface area (Å²) in [6.07, 6.45) is 0. The lowest BCUT2D eigenvalue weighted by atomic mass is 9.79. The molecule has 2 aromatic carbocycles. The summed E-state index contributed by atoms with van der Waals surface area (Å²) in [7, 11) is 0. The van der Waals surface area contributed by atoms with E-state index in [2.05, 4.69) is 21.2 Å². The first-order chi connectivity index (χ1) is 10.8. The van der Waals surface area contributed by atoms with Crippen LogP contribution in [0.15, 0.2) is 46.9 Å². The summed E-state index contributed by atoms with van der Waals surface area (Å²) in [6.45, 7) is 1.55. The molecule has 0 spiro atoms. The van der Waals surface area contributed by atoms with Crippen molar-refractivity contribution in [3.8, 4) is 0 Å². The standard InChI is InChI=1S/C17H13BrClNO3/c1-9(15(21)10-2-5-12(19)6-3-10)17(23)13-8-11(18)4-7-14(13)20-16(17)22/h2-9,23H,1H3,(H,20,22)/t9-,17-/m0/s1. The van der Waals surface area contributed by atoms with Crippen LogP contribution in [0.3, 0.4) is 0 Å². The quantitative estimate of drug-likeness (QED) is 0.779. The molecule has 0 aromatic heterocycles. The average Bonchev–Trinajstić information content (AvgIpc) is 2.79. The van der Waals surface area contributed by atoms with Gasteiger partial charge in [0.1, 0.15) is 0 Å². The number of anilines is 1. The number of amides is 1. The Balaban J connectivity index is 2.03. The van der Waals surface area contributed by atoms with Gasteiger partial charge >= 0.3 is 0 Å². The van der Waals surface area contributed by atoms with Crippen molar-refractivity contribution in [3.63, 3.8) is 0 Å². The Kier molecular flexibility index (Phi) is 4.04. The molecule has 23 heavy (non-hydrogen) atoms. The van der Waals surface area contributed by atoms with Gasteiger partial charge in [-0.15, -0.1) is 0 Å². The highest BCUT2D eigenvalue weighted by molar-refractivity contribution is 9.10. The fraction of sp³-hybridized carbons (Fsp3) is 0.176. The maximum atomic E-state index is 12.7. The molecule has 0 radical (unpaired) electrons. The van der Waals surface area contributed by atoms with Crippen molar-refractivity contribution in [2.24, 2.45) is 5.92 Å². The number of aliphatic hydroxyl groups is 1. The fourth-order valence-corrected chi connectivity index (χ4v) is 3.25. The molecule has 0 bridgehead atoms. The number of hydrogen-bond acceptors (Lipinski definition) is 3. The summed E-state index contributed by atoms with van der Waals surface area (Å²) >= 11 is 9.15. The minimum atomic E-state index is -1.91. The van der Waals surface area contributed by atoms with Crippen LogP contribution in [0.4, 0.5) is 5.69 Å². The minimum absolute atomic E-state index is 0.327. The number of rotatable bonds is 3. The van der Waals surface area contributed by atoms with E-state index in [1.807, 2.05) is 0 Å². The van der Waals surface area contributed by atoms with Crippen LogP contribution in [0.5, 0.6) is 0 Å². The van der Waals surface area contributed by atoms with Crippen molar-refractivity contribution in [2.45, 2.75) is 12.5 Å². The van der Waals surface area contributed by atoms with Crippen molar-refractivity contribution >= 4 is 44.9 Å². The van der Waals surface area contributed by atoms with Crippen molar-refractivity contribution in [1.29, 1.82) is 0 Å². The van der Waals surface area contributed by atoms with Gasteiger partial charge in [-0.3, -0.25) is 9.59 Å². The highest BCUT2D eigenvalue weighted by Gasteiger charge is 2.52. The van der Waals surface area contributed by atoms with E-state index in [9.17, 15) is 14.7 Å². The predicted octanol–water partition coefficient (Wildman–Crippen LogP) is 3.76. The van der Waals surface area contributed by atoms with Gasteiger partial charge in [0.2, 0.25) is 0 Å². The molecule has 1 aliphatic rings. The lowest BCUT2D eigenvalue weighted by Crippen LogP contribution is -2.44. The van der Waals surface area contributed by atoms with Gasteiger partial charge in [0.05, 0.1) is 5.92 Å². The summed E-state index contributed by atoms with van der Waals surface area (Å²) in [4.78, 5) is 25.0. The van der Waals surface area contributed by atoms with Crippen LogP contribution >= 0.6 is 27.5 Å².